The lowest BCUT2D eigenvalue weighted by molar-refractivity contribution is 0.187. The number of halogens is 1. The quantitative estimate of drug-likeness (QED) is 0.854. The summed E-state index contributed by atoms with van der Waals surface area (Å²) >= 11 is 0. The van der Waals surface area contributed by atoms with Gasteiger partial charge in [-0.2, -0.15) is 4.31 Å². The van der Waals surface area contributed by atoms with Crippen LogP contribution in [-0.2, 0) is 10.0 Å². The number of hydrogen-bond acceptors (Lipinski definition) is 3. The van der Waals surface area contributed by atoms with E-state index in [4.69, 9.17) is 5.73 Å². The Bertz CT molecular complexity index is 603. The Morgan fingerprint density at radius 2 is 2.00 bits per heavy atom. The number of aryl methyl sites for hydroxylation is 1. The molecule has 0 bridgehead atoms. The molecule has 20 heavy (non-hydrogen) atoms. The second-order valence-corrected chi connectivity index (χ2v) is 8.19. The zero-order valence-electron chi connectivity index (χ0n) is 12.1. The van der Waals surface area contributed by atoms with E-state index in [1.165, 1.54) is 23.4 Å². The van der Waals surface area contributed by atoms with Crippen LogP contribution in [0.4, 0.5) is 10.1 Å². The summed E-state index contributed by atoms with van der Waals surface area (Å²) in [6.45, 7) is 6.61. The number of rotatable bonds is 2. The maximum absolute atomic E-state index is 13.5. The average molecular weight is 300 g/mol. The molecule has 4 nitrogen and oxygen atoms in total. The fourth-order valence-electron chi connectivity index (χ4n) is 2.64. The van der Waals surface area contributed by atoms with Gasteiger partial charge < -0.3 is 5.73 Å². The van der Waals surface area contributed by atoms with Crippen LogP contribution in [0.3, 0.4) is 0 Å². The molecule has 1 aromatic rings. The summed E-state index contributed by atoms with van der Waals surface area (Å²) in [5, 5.41) is 0. The smallest absolute Gasteiger partial charge is 0.243 e. The number of nitrogens with two attached hydrogens (primary N) is 1. The van der Waals surface area contributed by atoms with Gasteiger partial charge in [0.25, 0.3) is 0 Å². The molecule has 112 valence electrons. The summed E-state index contributed by atoms with van der Waals surface area (Å²) in [6.07, 6.45) is 1.84. The van der Waals surface area contributed by atoms with E-state index in [0.29, 0.717) is 13.1 Å². The predicted octanol–water partition coefficient (Wildman–Crippen LogP) is 2.53. The first-order valence-electron chi connectivity index (χ1n) is 6.69. The maximum atomic E-state index is 13.5. The van der Waals surface area contributed by atoms with Gasteiger partial charge in [-0.15, -0.1) is 0 Å². The second kappa shape index (κ2) is 5.00. The molecule has 1 heterocycles. The van der Waals surface area contributed by atoms with Crippen molar-refractivity contribution < 1.29 is 12.8 Å². The summed E-state index contributed by atoms with van der Waals surface area (Å²) in [6, 6.07) is 2.56. The Morgan fingerprint density at radius 1 is 1.35 bits per heavy atom. The van der Waals surface area contributed by atoms with E-state index >= 15 is 0 Å². The number of nitrogen functional groups attached to an aromatic ring is 1. The Labute approximate surface area is 119 Å². The van der Waals surface area contributed by atoms with Crippen molar-refractivity contribution in [1.29, 1.82) is 0 Å². The zero-order chi connectivity index (χ0) is 15.1. The van der Waals surface area contributed by atoms with E-state index in [1.54, 1.807) is 0 Å². The minimum Gasteiger partial charge on any atom is -0.396 e. The lowest BCUT2D eigenvalue weighted by Gasteiger charge is -2.37. The lowest BCUT2D eigenvalue weighted by Crippen LogP contribution is -2.43. The molecule has 0 amide bonds. The van der Waals surface area contributed by atoms with Crippen LogP contribution in [0.1, 0.15) is 32.3 Å². The molecule has 0 atom stereocenters. The van der Waals surface area contributed by atoms with Crippen LogP contribution in [-0.4, -0.2) is 25.8 Å². The largest absolute Gasteiger partial charge is 0.396 e. The molecule has 1 saturated heterocycles. The van der Waals surface area contributed by atoms with Crippen LogP contribution >= 0.6 is 0 Å². The highest BCUT2D eigenvalue weighted by atomic mass is 32.2. The molecule has 1 aromatic carbocycles. The molecular weight excluding hydrogens is 279 g/mol. The predicted molar refractivity (Wildman–Crippen MR) is 77.3 cm³/mol. The van der Waals surface area contributed by atoms with Crippen molar-refractivity contribution in [2.45, 2.75) is 38.5 Å². The molecule has 2 N–H and O–H groups in total. The summed E-state index contributed by atoms with van der Waals surface area (Å²) in [5.41, 5.74) is 5.63. The van der Waals surface area contributed by atoms with Gasteiger partial charge in [0, 0.05) is 13.1 Å². The minimum atomic E-state index is -3.61. The van der Waals surface area contributed by atoms with Crippen LogP contribution in [0.25, 0.3) is 0 Å². The van der Waals surface area contributed by atoms with E-state index in [9.17, 15) is 12.8 Å². The van der Waals surface area contributed by atoms with Crippen molar-refractivity contribution in [3.63, 3.8) is 0 Å². The molecule has 0 saturated carbocycles. The first-order chi connectivity index (χ1) is 9.13. The van der Waals surface area contributed by atoms with Crippen molar-refractivity contribution >= 4 is 15.7 Å². The topological polar surface area (TPSA) is 63.4 Å². The summed E-state index contributed by atoms with van der Waals surface area (Å²) < 4.78 is 40.3. The molecule has 0 spiro atoms. The Kier molecular flexibility index (Phi) is 3.81. The average Bonchev–Trinajstić information content (AvgIpc) is 2.34. The maximum Gasteiger partial charge on any atom is 0.243 e. The summed E-state index contributed by atoms with van der Waals surface area (Å²) in [7, 11) is -3.61. The van der Waals surface area contributed by atoms with Crippen molar-refractivity contribution in [3.8, 4) is 0 Å². The highest BCUT2D eigenvalue weighted by molar-refractivity contribution is 7.89. The van der Waals surface area contributed by atoms with Gasteiger partial charge in [-0.1, -0.05) is 13.8 Å². The minimum absolute atomic E-state index is 0.0358. The third-order valence-electron chi connectivity index (χ3n) is 3.76. The highest BCUT2D eigenvalue weighted by Crippen LogP contribution is 2.32. The summed E-state index contributed by atoms with van der Waals surface area (Å²) in [4.78, 5) is 0.0756. The first kappa shape index (κ1) is 15.3. The molecule has 6 heteroatoms. The lowest BCUT2D eigenvalue weighted by atomic mass is 9.85. The molecule has 0 aliphatic carbocycles. The van der Waals surface area contributed by atoms with Gasteiger partial charge in [-0.25, -0.2) is 12.8 Å². The Morgan fingerprint density at radius 3 is 2.55 bits per heavy atom. The van der Waals surface area contributed by atoms with E-state index in [1.807, 2.05) is 0 Å². The number of piperidine rings is 1. The van der Waals surface area contributed by atoms with Crippen molar-refractivity contribution in [1.82, 2.24) is 4.31 Å². The van der Waals surface area contributed by atoms with Gasteiger partial charge in [0.05, 0.1) is 10.6 Å². The normalized spacial score (nSPS) is 20.0. The number of sulfonamides is 1. The summed E-state index contributed by atoms with van der Waals surface area (Å²) in [5.74, 6) is -0.553. The number of nitrogens with zero attached hydrogens (tertiary/aromatic N) is 1. The Hall–Kier alpha value is -1.14. The van der Waals surface area contributed by atoms with Crippen molar-refractivity contribution in [2.75, 3.05) is 18.8 Å². The van der Waals surface area contributed by atoms with Crippen molar-refractivity contribution in [3.05, 3.63) is 23.5 Å². The molecule has 0 aromatic heterocycles. The number of benzene rings is 1. The zero-order valence-corrected chi connectivity index (χ0v) is 12.9. The van der Waals surface area contributed by atoms with Crippen LogP contribution < -0.4 is 5.73 Å². The molecule has 0 unspecified atom stereocenters. The third kappa shape index (κ3) is 2.81. The van der Waals surface area contributed by atoms with E-state index in [0.717, 1.165) is 12.8 Å². The fraction of sp³-hybridized carbons (Fsp3) is 0.571. The van der Waals surface area contributed by atoms with Gasteiger partial charge in [0.15, 0.2) is 0 Å². The Balaban J connectivity index is 2.40. The van der Waals surface area contributed by atoms with E-state index in [2.05, 4.69) is 13.8 Å². The monoisotopic (exact) mass is 300 g/mol. The number of hydrogen-bond donors (Lipinski definition) is 1. The van der Waals surface area contributed by atoms with Crippen LogP contribution in [0.15, 0.2) is 17.0 Å². The van der Waals surface area contributed by atoms with E-state index < -0.39 is 15.8 Å². The van der Waals surface area contributed by atoms with Crippen molar-refractivity contribution in [2.24, 2.45) is 5.41 Å². The van der Waals surface area contributed by atoms with Crippen LogP contribution in [0, 0.1) is 18.2 Å². The third-order valence-corrected chi connectivity index (χ3v) is 5.58. The van der Waals surface area contributed by atoms with Gasteiger partial charge in [0.1, 0.15) is 5.82 Å². The highest BCUT2D eigenvalue weighted by Gasteiger charge is 2.34. The van der Waals surface area contributed by atoms with Gasteiger partial charge in [0.2, 0.25) is 10.0 Å². The van der Waals surface area contributed by atoms with Gasteiger partial charge in [-0.3, -0.25) is 0 Å². The first-order valence-corrected chi connectivity index (χ1v) is 8.13. The molecule has 0 radical (unpaired) electrons. The standard InChI is InChI=1S/C14H21FN2O2S/c1-10-7-11(8-12(16)13(10)15)20(18,19)17-6-4-5-14(2,3)9-17/h7-8H,4-6,9,16H2,1-3H3. The van der Waals surface area contributed by atoms with Gasteiger partial charge in [-0.05, 0) is 42.9 Å². The van der Waals surface area contributed by atoms with Crippen LogP contribution in [0.5, 0.6) is 0 Å². The SMILES string of the molecule is Cc1cc(S(=O)(=O)N2CCCC(C)(C)C2)cc(N)c1F. The molecule has 1 fully saturated rings. The molecule has 1 aliphatic heterocycles. The fourth-order valence-corrected chi connectivity index (χ4v) is 4.42. The van der Waals surface area contributed by atoms with Crippen LogP contribution in [0.2, 0.25) is 0 Å². The molecule has 2 rings (SSSR count). The second-order valence-electron chi connectivity index (χ2n) is 6.25. The van der Waals surface area contributed by atoms with Gasteiger partial charge >= 0.3 is 0 Å². The molecular formula is C14H21FN2O2S. The van der Waals surface area contributed by atoms with E-state index in [-0.39, 0.29) is 21.6 Å². The number of anilines is 1. The molecule has 1 aliphatic rings.